The molecule has 556 valence electrons. The number of nitrogens with zero attached hydrogens (tertiary/aromatic N) is 10. The van der Waals surface area contributed by atoms with E-state index in [2.05, 4.69) is 86.5 Å². The first-order valence-corrected chi connectivity index (χ1v) is 40.9. The van der Waals surface area contributed by atoms with Gasteiger partial charge >= 0.3 is 0 Å². The largest absolute Gasteiger partial charge is 0.354 e. The Kier molecular flexibility index (Phi) is 32.2. The number of nitrogens with one attached hydrogen (secondary N) is 4. The minimum atomic E-state index is -0.330. The number of hydrogen-bond acceptors (Lipinski definition) is 16. The third-order valence-electron chi connectivity index (χ3n) is 21.6. The van der Waals surface area contributed by atoms with Gasteiger partial charge in [-0.25, -0.2) is 0 Å². The van der Waals surface area contributed by atoms with Gasteiger partial charge in [-0.05, 0) is 120 Å². The van der Waals surface area contributed by atoms with Crippen molar-refractivity contribution in [3.8, 4) is 0 Å². The molecule has 2 aliphatic heterocycles. The number of anilines is 6. The van der Waals surface area contributed by atoms with Gasteiger partial charge in [0.25, 0.3) is 23.6 Å². The van der Waals surface area contributed by atoms with Crippen molar-refractivity contribution in [1.82, 2.24) is 39.7 Å². The van der Waals surface area contributed by atoms with E-state index in [0.717, 1.165) is 123 Å². The predicted molar refractivity (Wildman–Crippen MR) is 426 cm³/mol. The number of rotatable bonds is 54. The molecule has 0 radical (unpaired) electrons. The summed E-state index contributed by atoms with van der Waals surface area (Å²) in [4.78, 5) is 96.7. The zero-order valence-electron chi connectivity index (χ0n) is 64.0. The number of unbranched alkanes of at least 4 members (excludes halogenated alkanes) is 22. The van der Waals surface area contributed by atoms with Crippen molar-refractivity contribution < 1.29 is 19.2 Å². The maximum absolute atomic E-state index is 14.7. The fourth-order valence-electron chi connectivity index (χ4n) is 15.3. The molecule has 4 N–H and O–H groups in total. The molecule has 9 rings (SSSR count). The normalized spacial score (nSPS) is 13.6. The van der Waals surface area contributed by atoms with Crippen molar-refractivity contribution in [3.63, 3.8) is 0 Å². The minimum Gasteiger partial charge on any atom is -0.354 e. The first-order chi connectivity index (χ1) is 50.0. The Balaban J connectivity index is 0.891. The van der Waals surface area contributed by atoms with Gasteiger partial charge in [0, 0.05) is 98.5 Å². The molecule has 5 aromatic carbocycles. The summed E-state index contributed by atoms with van der Waals surface area (Å²) < 4.78 is 0. The number of carbonyl (C=O) groups excluding carboxylic acids is 4. The Morgan fingerprint density at radius 3 is 0.873 bits per heavy atom. The van der Waals surface area contributed by atoms with Crippen LogP contribution in [-0.4, -0.2) is 129 Å². The van der Waals surface area contributed by atoms with Crippen LogP contribution < -0.4 is 31.1 Å². The molecule has 18 heteroatoms. The number of fused-ring (bicyclic) bond motifs is 2. The van der Waals surface area contributed by atoms with E-state index in [1.807, 2.05) is 48.5 Å². The van der Waals surface area contributed by atoms with Crippen LogP contribution in [0.4, 0.5) is 35.7 Å². The fraction of sp³-hybridized carbons (Fsp3) is 0.643. The summed E-state index contributed by atoms with van der Waals surface area (Å²) in [6, 6.07) is 15.3. The molecule has 0 bridgehead atoms. The van der Waals surface area contributed by atoms with Crippen LogP contribution in [0.15, 0.2) is 48.5 Å². The Hall–Kier alpha value is -7.50. The van der Waals surface area contributed by atoms with E-state index in [9.17, 15) is 19.2 Å². The van der Waals surface area contributed by atoms with Crippen LogP contribution in [0.3, 0.4) is 0 Å². The van der Waals surface area contributed by atoms with Crippen molar-refractivity contribution in [2.45, 2.75) is 274 Å². The molecule has 0 spiro atoms. The second-order valence-corrected chi connectivity index (χ2v) is 29.4. The molecule has 0 fully saturated rings. The summed E-state index contributed by atoms with van der Waals surface area (Å²) in [5.74, 6) is 3.21. The van der Waals surface area contributed by atoms with Gasteiger partial charge in [-0.2, -0.15) is 29.9 Å². The SMILES string of the molecule is CCCCCCCCN(CCCCCCCC)c1nc(NCCCN2C(=O)c3ccc4c5ccc6c7c(ccc(c8ccc(c3c48)C2=O)c75)C(=O)N(CCCNc2nc(NCC(CC)CCCC)nc(N(CCCCCCCC)CCCCCCCC)n2)C6=O)nc(NCC(CC)CCCC)n1. The van der Waals surface area contributed by atoms with Crippen LogP contribution in [0, 0.1) is 11.8 Å². The second-order valence-electron chi connectivity index (χ2n) is 29.4. The zero-order valence-corrected chi connectivity index (χ0v) is 64.0. The Labute approximate surface area is 611 Å². The van der Waals surface area contributed by atoms with Crippen molar-refractivity contribution in [1.29, 1.82) is 0 Å². The molecule has 102 heavy (non-hydrogen) atoms. The third kappa shape index (κ3) is 20.9. The summed E-state index contributed by atoms with van der Waals surface area (Å²) in [6.07, 6.45) is 39.2. The molecule has 2 aromatic heterocycles. The fourth-order valence-corrected chi connectivity index (χ4v) is 15.3. The third-order valence-corrected chi connectivity index (χ3v) is 21.6. The standard InChI is InChI=1S/C84H126N14O4/c1-9-17-23-27-31-35-53-95(54-36-32-28-24-18-10-2)83-91-79(89-81(93-83)87-59-61(15-7)41-21-13-5)85-51-39-57-97-75(99)67-47-43-63-65-45-49-69-74-70(50-46-66(72(65)74)64-44-48-68(76(97)100)73(67)71(63)64)78(102)98(77(69)101)58-40-52-86-80-90-82(88-60-62(16-8)42-22-14-6)94-84(92-80)96(55-37-33-29-25-19-11-3)56-38-34-30-26-20-12-4/h43-50,61-62H,9-42,51-60H2,1-8H3,(H2,85,87,89,91,93)(H2,86,88,90,92,94). The molecule has 4 heterocycles. The Morgan fingerprint density at radius 2 is 0.588 bits per heavy atom. The van der Waals surface area contributed by atoms with E-state index in [-0.39, 0.29) is 36.7 Å². The van der Waals surface area contributed by atoms with Gasteiger partial charge < -0.3 is 31.1 Å². The number of benzene rings is 5. The van der Waals surface area contributed by atoms with E-state index in [1.54, 1.807) is 0 Å². The average molecular weight is 1400 g/mol. The number of aromatic nitrogens is 6. The monoisotopic (exact) mass is 1400 g/mol. The summed E-state index contributed by atoms with van der Waals surface area (Å²) in [6.45, 7) is 24.5. The quantitative estimate of drug-likeness (QED) is 0.0121. The van der Waals surface area contributed by atoms with Crippen LogP contribution in [0.2, 0.25) is 0 Å². The van der Waals surface area contributed by atoms with E-state index >= 15 is 0 Å². The van der Waals surface area contributed by atoms with Crippen LogP contribution in [-0.2, 0) is 0 Å². The van der Waals surface area contributed by atoms with E-state index in [4.69, 9.17) is 29.9 Å². The predicted octanol–water partition coefficient (Wildman–Crippen LogP) is 20.6. The summed E-state index contributed by atoms with van der Waals surface area (Å²) >= 11 is 0. The van der Waals surface area contributed by atoms with Crippen LogP contribution in [0.5, 0.6) is 0 Å². The molecule has 18 nitrogen and oxygen atoms in total. The van der Waals surface area contributed by atoms with Crippen molar-refractivity contribution in [2.24, 2.45) is 11.8 Å². The maximum atomic E-state index is 14.7. The van der Waals surface area contributed by atoms with Gasteiger partial charge in [-0.15, -0.1) is 0 Å². The molecule has 4 amide bonds. The highest BCUT2D eigenvalue weighted by atomic mass is 16.2. The highest BCUT2D eigenvalue weighted by Crippen LogP contribution is 2.46. The van der Waals surface area contributed by atoms with Crippen LogP contribution in [0.1, 0.15) is 315 Å². The smallest absolute Gasteiger partial charge is 0.261 e. The van der Waals surface area contributed by atoms with Crippen molar-refractivity contribution >= 4 is 102 Å². The lowest BCUT2D eigenvalue weighted by atomic mass is 9.82. The Bertz CT molecular complexity index is 3370. The van der Waals surface area contributed by atoms with Gasteiger partial charge in [-0.3, -0.25) is 29.0 Å². The zero-order chi connectivity index (χ0) is 72.0. The second kappa shape index (κ2) is 41.7. The molecule has 0 aliphatic carbocycles. The van der Waals surface area contributed by atoms with Crippen molar-refractivity contribution in [3.05, 3.63) is 70.8 Å². The molecule has 0 saturated carbocycles. The average Bonchev–Trinajstić information content (AvgIpc) is 0.692. The summed E-state index contributed by atoms with van der Waals surface area (Å²) in [5.41, 5.74) is 1.91. The number of amides is 4. The van der Waals surface area contributed by atoms with Crippen LogP contribution in [0.25, 0.3) is 43.1 Å². The van der Waals surface area contributed by atoms with E-state index in [0.29, 0.717) is 106 Å². The summed E-state index contributed by atoms with van der Waals surface area (Å²) in [7, 11) is 0. The van der Waals surface area contributed by atoms with Gasteiger partial charge in [0.1, 0.15) is 0 Å². The van der Waals surface area contributed by atoms with Gasteiger partial charge in [-0.1, -0.05) is 247 Å². The maximum Gasteiger partial charge on any atom is 0.261 e. The highest BCUT2D eigenvalue weighted by molar-refractivity contribution is 6.41. The molecule has 2 aliphatic rings. The lowest BCUT2D eigenvalue weighted by molar-refractivity contribution is 0.0594. The molecule has 0 saturated heterocycles. The molecule has 2 atom stereocenters. The first kappa shape index (κ1) is 78.6. The Morgan fingerprint density at radius 1 is 0.314 bits per heavy atom. The number of carbonyl (C=O) groups is 4. The van der Waals surface area contributed by atoms with Crippen molar-refractivity contribution in [2.75, 3.05) is 96.5 Å². The van der Waals surface area contributed by atoms with Gasteiger partial charge in [0.05, 0.1) is 0 Å². The molecule has 2 unspecified atom stereocenters. The van der Waals surface area contributed by atoms with E-state index in [1.165, 1.54) is 164 Å². The topological polar surface area (TPSA) is 207 Å². The first-order valence-electron chi connectivity index (χ1n) is 40.9. The number of imide groups is 2. The number of hydrogen-bond donors (Lipinski definition) is 4. The lowest BCUT2D eigenvalue weighted by Gasteiger charge is -2.30. The summed E-state index contributed by atoms with van der Waals surface area (Å²) in [5, 5.41) is 20.6. The lowest BCUT2D eigenvalue weighted by Crippen LogP contribution is -2.41. The van der Waals surface area contributed by atoms with E-state index < -0.39 is 0 Å². The highest BCUT2D eigenvalue weighted by Gasteiger charge is 2.37. The molecule has 7 aromatic rings. The minimum absolute atomic E-state index is 0.203. The van der Waals surface area contributed by atoms with Gasteiger partial charge in [0.15, 0.2) is 0 Å². The molecular weight excluding hydrogens is 1270 g/mol. The van der Waals surface area contributed by atoms with Crippen LogP contribution >= 0.6 is 0 Å². The molecular formula is C84H126N14O4. The van der Waals surface area contributed by atoms with Gasteiger partial charge in [0.2, 0.25) is 35.7 Å².